The average Bonchev–Trinajstić information content (AvgIpc) is 2.79. The summed E-state index contributed by atoms with van der Waals surface area (Å²) in [6, 6.07) is 26.7. The van der Waals surface area contributed by atoms with Crippen molar-refractivity contribution in [3.63, 3.8) is 0 Å². The van der Waals surface area contributed by atoms with Crippen LogP contribution in [0.4, 0.5) is 10.5 Å². The van der Waals surface area contributed by atoms with Crippen LogP contribution in [0.2, 0.25) is 0 Å². The Morgan fingerprint density at radius 3 is 2.17 bits per heavy atom. The highest BCUT2D eigenvalue weighted by molar-refractivity contribution is 5.88. The first-order chi connectivity index (χ1) is 14.2. The summed E-state index contributed by atoms with van der Waals surface area (Å²) in [5, 5.41) is 0. The molecule has 0 fully saturated rings. The van der Waals surface area contributed by atoms with Gasteiger partial charge in [0.25, 0.3) is 0 Å². The first-order valence-corrected chi connectivity index (χ1v) is 9.52. The molecule has 0 saturated heterocycles. The number of nitrogens with zero attached hydrogens (tertiary/aromatic N) is 1. The summed E-state index contributed by atoms with van der Waals surface area (Å²) in [5.41, 5.74) is 2.69. The molecule has 0 radical (unpaired) electrons. The fraction of sp³-hybridized carbons (Fsp3) is 0.160. The fourth-order valence-corrected chi connectivity index (χ4v) is 3.17. The molecular formula is C25H25NO3. The van der Waals surface area contributed by atoms with E-state index in [0.29, 0.717) is 6.42 Å². The van der Waals surface area contributed by atoms with Gasteiger partial charge in [-0.25, -0.2) is 4.79 Å². The summed E-state index contributed by atoms with van der Waals surface area (Å²) in [6.07, 6.45) is 2.00. The maximum atomic E-state index is 13.2. The largest absolute Gasteiger partial charge is 0.497 e. The molecule has 3 aromatic rings. The van der Waals surface area contributed by atoms with E-state index in [1.807, 2.05) is 91.0 Å². The van der Waals surface area contributed by atoms with E-state index in [1.165, 1.54) is 0 Å². The van der Waals surface area contributed by atoms with E-state index in [1.54, 1.807) is 12.0 Å². The Morgan fingerprint density at radius 1 is 0.966 bits per heavy atom. The number of carbonyl (C=O) groups excluding carboxylic acids is 1. The van der Waals surface area contributed by atoms with E-state index < -0.39 is 6.09 Å². The smallest absolute Gasteiger partial charge is 0.415 e. The summed E-state index contributed by atoms with van der Waals surface area (Å²) in [7, 11) is 1.62. The molecule has 1 amide bonds. The quantitative estimate of drug-likeness (QED) is 0.435. The molecule has 1 atom stereocenters. The topological polar surface area (TPSA) is 38.8 Å². The number of hydrogen-bond donors (Lipinski definition) is 0. The molecule has 3 aromatic carbocycles. The zero-order valence-corrected chi connectivity index (χ0v) is 16.5. The van der Waals surface area contributed by atoms with Gasteiger partial charge in [0.05, 0.1) is 13.2 Å². The number of carbonyl (C=O) groups is 1. The summed E-state index contributed by atoms with van der Waals surface area (Å²) in [5.74, 6) is 0.728. The van der Waals surface area contributed by atoms with Gasteiger partial charge in [-0.05, 0) is 41.8 Å². The molecular weight excluding hydrogens is 362 g/mol. The van der Waals surface area contributed by atoms with Crippen LogP contribution in [0.1, 0.15) is 23.6 Å². The molecule has 3 rings (SSSR count). The lowest BCUT2D eigenvalue weighted by atomic mass is 10.0. The summed E-state index contributed by atoms with van der Waals surface area (Å²) in [6.45, 7) is 4.09. The van der Waals surface area contributed by atoms with Gasteiger partial charge in [-0.1, -0.05) is 66.7 Å². The Labute approximate surface area is 172 Å². The van der Waals surface area contributed by atoms with Gasteiger partial charge in [0.1, 0.15) is 12.4 Å². The Hall–Kier alpha value is -3.53. The first-order valence-electron chi connectivity index (χ1n) is 9.52. The molecule has 0 aromatic heterocycles. The summed E-state index contributed by atoms with van der Waals surface area (Å²) >= 11 is 0. The monoisotopic (exact) mass is 387 g/mol. The second kappa shape index (κ2) is 10.1. The van der Waals surface area contributed by atoms with Gasteiger partial charge in [-0.3, -0.25) is 4.90 Å². The minimum atomic E-state index is -0.408. The highest BCUT2D eigenvalue weighted by Gasteiger charge is 2.27. The van der Waals surface area contributed by atoms with Crippen LogP contribution in [0.25, 0.3) is 0 Å². The zero-order chi connectivity index (χ0) is 20.5. The van der Waals surface area contributed by atoms with E-state index in [-0.39, 0.29) is 12.6 Å². The van der Waals surface area contributed by atoms with Crippen LogP contribution in [-0.2, 0) is 11.3 Å². The highest BCUT2D eigenvalue weighted by atomic mass is 16.6. The zero-order valence-electron chi connectivity index (χ0n) is 16.5. The highest BCUT2D eigenvalue weighted by Crippen LogP contribution is 2.32. The lowest BCUT2D eigenvalue weighted by Crippen LogP contribution is -2.35. The Morgan fingerprint density at radius 2 is 1.59 bits per heavy atom. The minimum absolute atomic E-state index is 0.210. The molecule has 29 heavy (non-hydrogen) atoms. The van der Waals surface area contributed by atoms with Crippen molar-refractivity contribution < 1.29 is 14.3 Å². The molecule has 4 heteroatoms. The van der Waals surface area contributed by atoms with Crippen molar-refractivity contribution >= 4 is 11.8 Å². The molecule has 0 aliphatic carbocycles. The third-order valence-corrected chi connectivity index (χ3v) is 4.64. The normalized spacial score (nSPS) is 11.3. The van der Waals surface area contributed by atoms with Crippen molar-refractivity contribution in [3.05, 3.63) is 109 Å². The molecule has 0 bridgehead atoms. The molecule has 0 heterocycles. The molecule has 0 spiro atoms. The van der Waals surface area contributed by atoms with E-state index in [0.717, 1.165) is 22.6 Å². The lowest BCUT2D eigenvalue weighted by Gasteiger charge is -2.31. The van der Waals surface area contributed by atoms with E-state index >= 15 is 0 Å². The second-order valence-electron chi connectivity index (χ2n) is 6.56. The van der Waals surface area contributed by atoms with Crippen LogP contribution in [0, 0.1) is 0 Å². The number of anilines is 1. The van der Waals surface area contributed by atoms with Gasteiger partial charge in [0.15, 0.2) is 0 Å². The molecule has 0 aliphatic rings. The number of benzene rings is 3. The Balaban J connectivity index is 1.92. The van der Waals surface area contributed by atoms with Crippen molar-refractivity contribution in [1.82, 2.24) is 0 Å². The average molecular weight is 387 g/mol. The van der Waals surface area contributed by atoms with E-state index in [2.05, 4.69) is 6.58 Å². The second-order valence-corrected chi connectivity index (χ2v) is 6.56. The van der Waals surface area contributed by atoms with Gasteiger partial charge in [0.2, 0.25) is 0 Å². The molecule has 0 saturated carbocycles. The SMILES string of the molecule is C=CCC(c1ccccc1)N(C(=O)OCc1ccccc1)c1ccc(OC)cc1. The maximum Gasteiger partial charge on any atom is 0.415 e. The van der Waals surface area contributed by atoms with E-state index in [4.69, 9.17) is 9.47 Å². The van der Waals surface area contributed by atoms with Crippen LogP contribution >= 0.6 is 0 Å². The van der Waals surface area contributed by atoms with Crippen molar-refractivity contribution in [2.45, 2.75) is 19.1 Å². The number of rotatable bonds is 8. The number of hydrogen-bond acceptors (Lipinski definition) is 3. The standard InChI is InChI=1S/C25H25NO3/c1-3-10-24(21-13-8-5-9-14-21)26(22-15-17-23(28-2)18-16-22)25(27)29-19-20-11-6-4-7-12-20/h3-9,11-18,24H,1,10,19H2,2H3. The van der Waals surface area contributed by atoms with Crippen molar-refractivity contribution in [1.29, 1.82) is 0 Å². The Kier molecular flexibility index (Phi) is 7.06. The summed E-state index contributed by atoms with van der Waals surface area (Å²) in [4.78, 5) is 14.9. The molecule has 0 aliphatic heterocycles. The molecule has 0 N–H and O–H groups in total. The molecule has 4 nitrogen and oxygen atoms in total. The van der Waals surface area contributed by atoms with Crippen molar-refractivity contribution in [3.8, 4) is 5.75 Å². The van der Waals surface area contributed by atoms with Gasteiger partial charge in [0, 0.05) is 5.69 Å². The van der Waals surface area contributed by atoms with Crippen molar-refractivity contribution in [2.75, 3.05) is 12.0 Å². The predicted molar refractivity (Wildman–Crippen MR) is 116 cm³/mol. The minimum Gasteiger partial charge on any atom is -0.497 e. The van der Waals surface area contributed by atoms with Gasteiger partial charge < -0.3 is 9.47 Å². The van der Waals surface area contributed by atoms with Gasteiger partial charge in [-0.2, -0.15) is 0 Å². The van der Waals surface area contributed by atoms with Crippen LogP contribution in [-0.4, -0.2) is 13.2 Å². The van der Waals surface area contributed by atoms with Crippen LogP contribution < -0.4 is 9.64 Å². The summed E-state index contributed by atoms with van der Waals surface area (Å²) < 4.78 is 10.9. The predicted octanol–water partition coefficient (Wildman–Crippen LogP) is 6.16. The van der Waals surface area contributed by atoms with Crippen molar-refractivity contribution in [2.24, 2.45) is 0 Å². The number of amides is 1. The maximum absolute atomic E-state index is 13.2. The fourth-order valence-electron chi connectivity index (χ4n) is 3.17. The van der Waals surface area contributed by atoms with Crippen LogP contribution in [0.3, 0.4) is 0 Å². The molecule has 1 unspecified atom stereocenters. The Bertz CT molecular complexity index is 908. The van der Waals surface area contributed by atoms with E-state index in [9.17, 15) is 4.79 Å². The first kappa shape index (κ1) is 20.2. The van der Waals surface area contributed by atoms with Crippen LogP contribution in [0.5, 0.6) is 5.75 Å². The number of methoxy groups -OCH3 is 1. The number of ether oxygens (including phenoxy) is 2. The van der Waals surface area contributed by atoms with Crippen LogP contribution in [0.15, 0.2) is 97.6 Å². The van der Waals surface area contributed by atoms with Gasteiger partial charge >= 0.3 is 6.09 Å². The third kappa shape index (κ3) is 5.26. The third-order valence-electron chi connectivity index (χ3n) is 4.64. The van der Waals surface area contributed by atoms with Gasteiger partial charge in [-0.15, -0.1) is 6.58 Å². The lowest BCUT2D eigenvalue weighted by molar-refractivity contribution is 0.144. The molecule has 148 valence electrons.